The highest BCUT2D eigenvalue weighted by Gasteiger charge is 2.37. The van der Waals surface area contributed by atoms with Gasteiger partial charge in [-0.2, -0.15) is 0 Å². The van der Waals surface area contributed by atoms with Crippen LogP contribution in [0.25, 0.3) is 0 Å². The number of carbonyl (C=O) groups excluding carboxylic acids is 2. The van der Waals surface area contributed by atoms with E-state index < -0.39 is 5.60 Å². The Hall–Kier alpha value is -0.530. The van der Waals surface area contributed by atoms with Crippen LogP contribution < -0.4 is 0 Å². The molecule has 0 saturated carbocycles. The molecule has 126 valence electrons. The third kappa shape index (κ3) is 4.49. The van der Waals surface area contributed by atoms with Gasteiger partial charge in [0.25, 0.3) is 0 Å². The van der Waals surface area contributed by atoms with Gasteiger partial charge in [-0.25, -0.2) is 4.79 Å². The molecule has 2 aliphatic heterocycles. The van der Waals surface area contributed by atoms with Gasteiger partial charge in [-0.05, 0) is 46.0 Å². The zero-order chi connectivity index (χ0) is 16.5. The van der Waals surface area contributed by atoms with Crippen LogP contribution in [0.4, 0.5) is 4.79 Å². The highest BCUT2D eigenvalue weighted by molar-refractivity contribution is 14.1. The first-order valence-corrected chi connectivity index (χ1v) is 9.34. The molecule has 0 aromatic rings. The van der Waals surface area contributed by atoms with Gasteiger partial charge in [0.05, 0.1) is 3.92 Å². The van der Waals surface area contributed by atoms with Gasteiger partial charge in [0, 0.05) is 25.7 Å². The van der Waals surface area contributed by atoms with E-state index in [4.69, 9.17) is 4.74 Å². The van der Waals surface area contributed by atoms with Gasteiger partial charge in [-0.15, -0.1) is 0 Å². The molecule has 0 aromatic heterocycles. The predicted molar refractivity (Wildman–Crippen MR) is 94.1 cm³/mol. The summed E-state index contributed by atoms with van der Waals surface area (Å²) in [6, 6.07) is 0.126. The first kappa shape index (κ1) is 17.8. The number of ether oxygens (including phenoxy) is 1. The molecule has 0 radical (unpaired) electrons. The summed E-state index contributed by atoms with van der Waals surface area (Å²) in [5.41, 5.74) is -0.485. The number of alkyl halides is 1. The Labute approximate surface area is 146 Å². The minimum Gasteiger partial charge on any atom is -0.444 e. The molecule has 2 rings (SSSR count). The Kier molecular flexibility index (Phi) is 5.61. The van der Waals surface area contributed by atoms with Gasteiger partial charge in [0.2, 0.25) is 5.91 Å². The van der Waals surface area contributed by atoms with Crippen molar-refractivity contribution < 1.29 is 14.3 Å². The highest BCUT2D eigenvalue weighted by atomic mass is 127. The maximum atomic E-state index is 12.4. The minimum absolute atomic E-state index is 0.0820. The van der Waals surface area contributed by atoms with Crippen LogP contribution >= 0.6 is 22.6 Å². The van der Waals surface area contributed by atoms with E-state index in [1.54, 1.807) is 4.90 Å². The number of rotatable bonds is 1. The molecule has 2 saturated heterocycles. The predicted octanol–water partition coefficient (Wildman–Crippen LogP) is 3.06. The fourth-order valence-corrected chi connectivity index (χ4v) is 4.04. The van der Waals surface area contributed by atoms with Gasteiger partial charge in [0.15, 0.2) is 0 Å². The molecule has 5 nitrogen and oxygen atoms in total. The molecule has 0 aromatic carbocycles. The molecule has 2 aliphatic rings. The SMILES string of the molecule is CC1CC(N2CCCC(I)C2=O)CN(C(=O)OC(C)(C)C)C1. The number of carbonyl (C=O) groups is 2. The fourth-order valence-electron chi connectivity index (χ4n) is 3.24. The van der Waals surface area contributed by atoms with Crippen molar-refractivity contribution in [2.45, 2.75) is 62.5 Å². The highest BCUT2D eigenvalue weighted by Crippen LogP contribution is 2.27. The second-order valence-corrected chi connectivity index (χ2v) is 9.03. The van der Waals surface area contributed by atoms with E-state index in [1.807, 2.05) is 25.7 Å². The molecule has 0 N–H and O–H groups in total. The Balaban J connectivity index is 2.04. The lowest BCUT2D eigenvalue weighted by atomic mass is 9.93. The first-order valence-electron chi connectivity index (χ1n) is 8.10. The molecule has 0 spiro atoms. The number of nitrogens with zero attached hydrogens (tertiary/aromatic N) is 2. The van der Waals surface area contributed by atoms with Crippen LogP contribution in [0.2, 0.25) is 0 Å². The quantitative estimate of drug-likeness (QED) is 0.482. The smallest absolute Gasteiger partial charge is 0.410 e. The minimum atomic E-state index is -0.485. The molecular weight excluding hydrogens is 395 g/mol. The van der Waals surface area contributed by atoms with Crippen molar-refractivity contribution in [2.24, 2.45) is 5.92 Å². The number of likely N-dealkylation sites (tertiary alicyclic amines) is 2. The van der Waals surface area contributed by atoms with Crippen molar-refractivity contribution in [2.75, 3.05) is 19.6 Å². The largest absolute Gasteiger partial charge is 0.444 e. The van der Waals surface area contributed by atoms with E-state index in [0.29, 0.717) is 19.0 Å². The van der Waals surface area contributed by atoms with Gasteiger partial charge in [0.1, 0.15) is 5.60 Å². The average molecular weight is 422 g/mol. The molecule has 3 unspecified atom stereocenters. The van der Waals surface area contributed by atoms with Crippen molar-refractivity contribution in [1.29, 1.82) is 0 Å². The topological polar surface area (TPSA) is 49.9 Å². The Morgan fingerprint density at radius 3 is 2.64 bits per heavy atom. The van der Waals surface area contributed by atoms with E-state index >= 15 is 0 Å². The van der Waals surface area contributed by atoms with Crippen molar-refractivity contribution in [3.05, 3.63) is 0 Å². The number of hydrogen-bond donors (Lipinski definition) is 0. The molecular formula is C16H27IN2O3. The molecule has 0 aliphatic carbocycles. The van der Waals surface area contributed by atoms with Gasteiger partial charge >= 0.3 is 6.09 Å². The third-order valence-corrected chi connectivity index (χ3v) is 5.29. The van der Waals surface area contributed by atoms with Crippen LogP contribution in [0.1, 0.15) is 47.0 Å². The van der Waals surface area contributed by atoms with E-state index in [2.05, 4.69) is 29.5 Å². The summed E-state index contributed by atoms with van der Waals surface area (Å²) in [7, 11) is 0. The number of hydrogen-bond acceptors (Lipinski definition) is 3. The Bertz CT molecular complexity index is 436. The van der Waals surface area contributed by atoms with Crippen molar-refractivity contribution in [1.82, 2.24) is 9.80 Å². The molecule has 22 heavy (non-hydrogen) atoms. The van der Waals surface area contributed by atoms with Crippen LogP contribution in [0.5, 0.6) is 0 Å². The average Bonchev–Trinajstić information content (AvgIpc) is 2.39. The summed E-state index contributed by atoms with van der Waals surface area (Å²) < 4.78 is 5.57. The number of amides is 2. The van der Waals surface area contributed by atoms with Crippen LogP contribution in [-0.2, 0) is 9.53 Å². The molecule has 0 bridgehead atoms. The molecule has 3 atom stereocenters. The third-order valence-electron chi connectivity index (χ3n) is 4.14. The van der Waals surface area contributed by atoms with E-state index in [-0.39, 0.29) is 22.0 Å². The lowest BCUT2D eigenvalue weighted by molar-refractivity contribution is -0.136. The summed E-state index contributed by atoms with van der Waals surface area (Å²) in [5, 5.41) is 0. The lowest BCUT2D eigenvalue weighted by Crippen LogP contribution is -2.57. The maximum Gasteiger partial charge on any atom is 0.410 e. The summed E-state index contributed by atoms with van der Waals surface area (Å²) in [5.74, 6) is 0.615. The first-order chi connectivity index (χ1) is 10.2. The van der Waals surface area contributed by atoms with E-state index in [1.165, 1.54) is 0 Å². The molecule has 2 amide bonds. The number of halogens is 1. The molecule has 6 heteroatoms. The Morgan fingerprint density at radius 1 is 1.32 bits per heavy atom. The zero-order valence-corrected chi connectivity index (χ0v) is 16.1. The fraction of sp³-hybridized carbons (Fsp3) is 0.875. The Morgan fingerprint density at radius 2 is 2.00 bits per heavy atom. The van der Waals surface area contributed by atoms with Gasteiger partial charge in [-0.1, -0.05) is 29.5 Å². The van der Waals surface area contributed by atoms with Crippen LogP contribution in [0, 0.1) is 5.92 Å². The summed E-state index contributed by atoms with van der Waals surface area (Å²) in [6.45, 7) is 9.90. The number of piperidine rings is 2. The summed E-state index contributed by atoms with van der Waals surface area (Å²) in [4.78, 5) is 28.5. The van der Waals surface area contributed by atoms with Crippen LogP contribution in [-0.4, -0.2) is 57.0 Å². The van der Waals surface area contributed by atoms with Crippen molar-refractivity contribution >= 4 is 34.6 Å². The molecule has 2 fully saturated rings. The normalized spacial score (nSPS) is 30.4. The monoisotopic (exact) mass is 422 g/mol. The van der Waals surface area contributed by atoms with Crippen molar-refractivity contribution in [3.63, 3.8) is 0 Å². The van der Waals surface area contributed by atoms with Gasteiger partial charge < -0.3 is 14.5 Å². The second-order valence-electron chi connectivity index (χ2n) is 7.52. The van der Waals surface area contributed by atoms with E-state index in [0.717, 1.165) is 25.8 Å². The van der Waals surface area contributed by atoms with Crippen LogP contribution in [0.15, 0.2) is 0 Å². The van der Waals surface area contributed by atoms with E-state index in [9.17, 15) is 9.59 Å². The summed E-state index contributed by atoms with van der Waals surface area (Å²) in [6.07, 6.45) is 2.72. The lowest BCUT2D eigenvalue weighted by Gasteiger charge is -2.44. The zero-order valence-electron chi connectivity index (χ0n) is 14.0. The maximum absolute atomic E-state index is 12.4. The van der Waals surface area contributed by atoms with Crippen molar-refractivity contribution in [3.8, 4) is 0 Å². The molecule has 2 heterocycles. The second kappa shape index (κ2) is 6.93. The standard InChI is InChI=1S/C16H27IN2O3/c1-11-8-12(19-7-5-6-13(17)14(19)20)10-18(9-11)15(21)22-16(2,3)4/h11-13H,5-10H2,1-4H3. The van der Waals surface area contributed by atoms with Crippen LogP contribution in [0.3, 0.4) is 0 Å². The van der Waals surface area contributed by atoms with Gasteiger partial charge in [-0.3, -0.25) is 4.79 Å². The summed E-state index contributed by atoms with van der Waals surface area (Å²) >= 11 is 2.24.